The average Bonchev–Trinajstić information content (AvgIpc) is 3.31. The van der Waals surface area contributed by atoms with Crippen LogP contribution in [0.25, 0.3) is 0 Å². The van der Waals surface area contributed by atoms with E-state index in [4.69, 9.17) is 4.52 Å². The smallest absolute Gasteiger partial charge is 0.0524 e. The molecule has 2 heteroatoms. The van der Waals surface area contributed by atoms with Gasteiger partial charge in [0.2, 0.25) is 0 Å². The molecule has 0 aromatic carbocycles. The normalized spacial score (nSPS) is 4.52. The first kappa shape index (κ1) is 55.7. The zero-order valence-electron chi connectivity index (χ0n) is 35.3. The van der Waals surface area contributed by atoms with Gasteiger partial charge in [0.15, 0.2) is 0 Å². The van der Waals surface area contributed by atoms with Crippen LogP contribution in [0.5, 0.6) is 0 Å². The topological polar surface area (TPSA) is 9.23 Å². The highest BCUT2D eigenvalue weighted by molar-refractivity contribution is 7.09. The van der Waals surface area contributed by atoms with Crippen LogP contribution in [-0.2, 0) is 4.52 Å². The molecule has 0 aliphatic rings. The van der Waals surface area contributed by atoms with Gasteiger partial charge in [-0.1, -0.05) is 25.7 Å². The molecule has 0 aromatic rings. The number of rotatable bonds is 2. The zero-order chi connectivity index (χ0) is 48.0. The Hall–Kier alpha value is -12.4. The summed E-state index contributed by atoms with van der Waals surface area (Å²) < 4.78 is 4.72. The minimum atomic E-state index is 0. The zero-order valence-corrected chi connectivity index (χ0v) is 36.4. The largest absolute Gasteiger partial charge is 0.365 e. The number of hydrogen-bond acceptors (Lipinski definition) is 1. The Morgan fingerprint density at radius 3 is 0.364 bits per heavy atom. The van der Waals surface area contributed by atoms with Crippen molar-refractivity contribution in [1.82, 2.24) is 0 Å². The Morgan fingerprint density at radius 1 is 0.227 bits per heavy atom. The third kappa shape index (κ3) is 58.3. The minimum absolute atomic E-state index is 0. The Balaban J connectivity index is -0.00000545. The van der Waals surface area contributed by atoms with Gasteiger partial charge in [0.1, 0.15) is 0 Å². The molecule has 0 radical (unpaired) electrons. The van der Waals surface area contributed by atoms with Crippen LogP contribution in [-0.4, -0.2) is 6.61 Å². The van der Waals surface area contributed by atoms with Crippen molar-refractivity contribution < 1.29 is 5.95 Å². The van der Waals surface area contributed by atoms with Gasteiger partial charge < -0.3 is 4.52 Å². The van der Waals surface area contributed by atoms with Gasteiger partial charge in [0.25, 0.3) is 0 Å². The predicted molar refractivity (Wildman–Crippen MR) is 269 cm³/mol. The van der Waals surface area contributed by atoms with Crippen LogP contribution in [0.3, 0.4) is 0 Å². The van der Waals surface area contributed by atoms with Crippen molar-refractivity contribution in [3.63, 3.8) is 0 Å². The van der Waals surface area contributed by atoms with Crippen LogP contribution in [0.2, 0.25) is 0 Å². The van der Waals surface area contributed by atoms with Crippen molar-refractivity contribution in [2.75, 3.05) is 6.61 Å². The molecule has 0 heterocycles. The van der Waals surface area contributed by atoms with E-state index in [0.29, 0.717) is 5.92 Å². The van der Waals surface area contributed by atoms with Crippen molar-refractivity contribution in [2.45, 2.75) is 27.7 Å². The van der Waals surface area contributed by atoms with E-state index in [9.17, 15) is 0 Å². The standard InChI is InChI=1S/C60H6.C4H11OP.H2/c1-3-5-7-9-11-13-15-17-19-21-23-25-27-29-31-33-35-37-39-41-43-45-47-49-51-53-55-57-59-60-58-56-54-52-50-48-46-44-42-40-38-36-34-32-30-28-26-24-22-20-18-16-14-12-10-8-6-4-2;1-4(2)3-5-6;/h1-2H3;4H,3,6H2,1-2H3;1H/i;;1+2. The fourth-order valence-electron chi connectivity index (χ4n) is 2.00. The Morgan fingerprint density at radius 2 is 0.318 bits per heavy atom. The summed E-state index contributed by atoms with van der Waals surface area (Å²) in [6.45, 7) is 8.44. The lowest BCUT2D eigenvalue weighted by atomic mass is 10.2. The third-order valence-electron chi connectivity index (χ3n) is 4.12. The molecule has 0 saturated carbocycles. The second-order valence-electron chi connectivity index (χ2n) is 9.23. The third-order valence-corrected chi connectivity index (χ3v) is 4.31. The quantitative estimate of drug-likeness (QED) is 0.308. The van der Waals surface area contributed by atoms with E-state index < -0.39 is 0 Å². The van der Waals surface area contributed by atoms with Gasteiger partial charge in [-0.25, -0.2) is 0 Å². The maximum Gasteiger partial charge on any atom is 0.0524 e. The molecular weight excluding hydrogens is 816 g/mol. The van der Waals surface area contributed by atoms with Crippen molar-refractivity contribution >= 4 is 9.47 Å². The summed E-state index contributed by atoms with van der Waals surface area (Å²) in [4.78, 5) is 0. The molecule has 66 heavy (non-hydrogen) atoms. The molecule has 0 N–H and O–H groups in total. The molecule has 286 valence electrons. The first-order valence-electron chi connectivity index (χ1n) is 17.3. The lowest BCUT2D eigenvalue weighted by Gasteiger charge is -1.97. The van der Waals surface area contributed by atoms with Crippen molar-refractivity contribution in [2.24, 2.45) is 5.92 Å². The van der Waals surface area contributed by atoms with E-state index >= 15 is 0 Å². The van der Waals surface area contributed by atoms with Crippen molar-refractivity contribution in [3.8, 4) is 343 Å². The van der Waals surface area contributed by atoms with E-state index in [2.05, 4.69) is 367 Å². The van der Waals surface area contributed by atoms with E-state index in [1.807, 2.05) is 0 Å². The van der Waals surface area contributed by atoms with Crippen LogP contribution in [0.4, 0.5) is 0 Å². The van der Waals surface area contributed by atoms with Gasteiger partial charge in [-0.2, -0.15) is 0 Å². The molecule has 1 nitrogen and oxygen atoms in total. The van der Waals surface area contributed by atoms with E-state index in [1.165, 1.54) is 0 Å². The molecule has 0 fully saturated rings. The van der Waals surface area contributed by atoms with Gasteiger partial charge in [-0.3, -0.25) is 0 Å². The van der Waals surface area contributed by atoms with E-state index in [-0.39, 0.29) is 1.43 Å². The van der Waals surface area contributed by atoms with Gasteiger partial charge in [0.05, 0.1) is 6.61 Å². The highest BCUT2D eigenvalue weighted by Crippen LogP contribution is 1.94. The molecule has 0 aromatic heterocycles. The summed E-state index contributed by atoms with van der Waals surface area (Å²) in [5, 5.41) is 0. The van der Waals surface area contributed by atoms with E-state index in [0.717, 1.165) is 6.61 Å². The molecule has 0 rings (SSSR count). The van der Waals surface area contributed by atoms with Gasteiger partial charge >= 0.3 is 0 Å². The molecule has 1 atom stereocenters. The molecule has 0 saturated heterocycles. The Bertz CT molecular complexity index is 3630. The molecule has 1 unspecified atom stereocenters. The highest BCUT2D eigenvalue weighted by Gasteiger charge is 1.86. The summed E-state index contributed by atoms with van der Waals surface area (Å²) in [6.07, 6.45) is 0. The molecule has 0 bridgehead atoms. The first-order chi connectivity index (χ1) is 32.7. The average molecular weight is 837 g/mol. The maximum atomic E-state index is 4.72. The second-order valence-corrected chi connectivity index (χ2v) is 9.56. The highest BCUT2D eigenvalue weighted by atomic mass is 31.0. The second kappa shape index (κ2) is 54.7. The van der Waals surface area contributed by atoms with Crippen LogP contribution in [0, 0.1) is 349 Å². The van der Waals surface area contributed by atoms with Gasteiger partial charge in [-0.15, -0.1) is 0 Å². The molecule has 0 aliphatic carbocycles. The van der Waals surface area contributed by atoms with Crippen molar-refractivity contribution in [1.29, 1.82) is 0 Å². The Kier molecular flexibility index (Phi) is 46.2. The monoisotopic (exact) mass is 836 g/mol. The number of hydrogen-bond donors (Lipinski definition) is 0. The summed E-state index contributed by atoms with van der Waals surface area (Å²) in [5.41, 5.74) is 0. The van der Waals surface area contributed by atoms with Crippen molar-refractivity contribution in [3.05, 3.63) is 0 Å². The fraction of sp³-hybridized carbons (Fsp3) is 0.0938. The lowest BCUT2D eigenvalue weighted by molar-refractivity contribution is 0.314. The summed E-state index contributed by atoms with van der Waals surface area (Å²) >= 11 is 0. The SMILES string of the molecule is CC#CC#CC#CC#CC#CC#CC#CC#CC#CC#CC#CC#CC#CC#CC#CC#CC#CC#CC#CC#CC#CC#CC#CC#CC#CC#CC#CC#CC#CC.CC(C)COP.[3HH]. The van der Waals surface area contributed by atoms with Crippen LogP contribution in [0.1, 0.15) is 29.1 Å². The van der Waals surface area contributed by atoms with Crippen LogP contribution >= 0.6 is 9.47 Å². The molecular formula is C64H19OP. The Labute approximate surface area is 397 Å². The summed E-state index contributed by atoms with van der Waals surface area (Å²) in [6, 6.07) is 0. The lowest BCUT2D eigenvalue weighted by Crippen LogP contribution is -1.92. The minimum Gasteiger partial charge on any atom is -0.365 e. The summed E-state index contributed by atoms with van der Waals surface area (Å²) in [7, 11) is 2.22. The van der Waals surface area contributed by atoms with Crippen LogP contribution in [0.15, 0.2) is 0 Å². The summed E-state index contributed by atoms with van der Waals surface area (Å²) in [5.74, 6) is 146. The molecule has 0 amide bonds. The fourth-order valence-corrected chi connectivity index (χ4v) is 2.39. The predicted octanol–water partition coefficient (Wildman–Crippen LogP) is 2.82. The van der Waals surface area contributed by atoms with E-state index in [1.54, 1.807) is 13.8 Å². The van der Waals surface area contributed by atoms with Crippen LogP contribution < -0.4 is 0 Å². The first-order valence-corrected chi connectivity index (χ1v) is 17.8. The molecule has 0 aliphatic heterocycles. The maximum absolute atomic E-state index is 4.72. The van der Waals surface area contributed by atoms with Gasteiger partial charge in [-0.05, 0) is 114 Å². The van der Waals surface area contributed by atoms with Gasteiger partial charge in [0, 0.05) is 248 Å². The molecule has 0 spiro atoms.